The monoisotopic (exact) mass is 294 g/mol. The number of ketones is 1. The highest BCUT2D eigenvalue weighted by Crippen LogP contribution is 2.44. The third-order valence-electron chi connectivity index (χ3n) is 4.50. The number of Topliss-reactive ketones (excluding diaryl/α,β-unsaturated/α-hetero) is 1. The number of hydrogen-bond donors (Lipinski definition) is 1. The normalized spacial score (nSPS) is 22.5. The molecule has 1 saturated carbocycles. The molecular formula is C19H18O3. The van der Waals surface area contributed by atoms with Gasteiger partial charge >= 0.3 is 5.97 Å². The van der Waals surface area contributed by atoms with Crippen molar-refractivity contribution in [2.45, 2.75) is 24.7 Å². The summed E-state index contributed by atoms with van der Waals surface area (Å²) < 4.78 is 0. The van der Waals surface area contributed by atoms with Crippen LogP contribution < -0.4 is 0 Å². The summed E-state index contributed by atoms with van der Waals surface area (Å²) in [6.07, 6.45) is 0.620. The third-order valence-corrected chi connectivity index (χ3v) is 4.50. The number of carbonyl (C=O) groups excluding carboxylic acids is 1. The van der Waals surface area contributed by atoms with Crippen molar-refractivity contribution in [3.63, 3.8) is 0 Å². The van der Waals surface area contributed by atoms with Gasteiger partial charge in [-0.05, 0) is 11.1 Å². The maximum absolute atomic E-state index is 12.2. The van der Waals surface area contributed by atoms with Gasteiger partial charge in [0.05, 0.1) is 5.92 Å². The Morgan fingerprint density at radius 3 is 1.59 bits per heavy atom. The number of carboxylic acids is 1. The minimum atomic E-state index is -0.824. The Hall–Kier alpha value is -2.42. The summed E-state index contributed by atoms with van der Waals surface area (Å²) in [5.74, 6) is -1.77. The topological polar surface area (TPSA) is 54.4 Å². The second-order valence-corrected chi connectivity index (χ2v) is 5.85. The number of carboxylic acid groups (broad SMARTS) is 1. The SMILES string of the molecule is O=C1C[C@H](c2ccccc2)C(C(=O)O)[C@@H](c2ccccc2)C1. The molecule has 3 rings (SSSR count). The van der Waals surface area contributed by atoms with Crippen LogP contribution in [0.3, 0.4) is 0 Å². The summed E-state index contributed by atoms with van der Waals surface area (Å²) in [7, 11) is 0. The first-order chi connectivity index (χ1) is 10.7. The Balaban J connectivity index is 2.03. The molecule has 1 N–H and O–H groups in total. The van der Waals surface area contributed by atoms with E-state index in [2.05, 4.69) is 0 Å². The number of carbonyl (C=O) groups is 2. The fourth-order valence-corrected chi connectivity index (χ4v) is 3.50. The van der Waals surface area contributed by atoms with Crippen LogP contribution in [0.1, 0.15) is 35.8 Å². The van der Waals surface area contributed by atoms with Crippen molar-refractivity contribution in [1.82, 2.24) is 0 Å². The lowest BCUT2D eigenvalue weighted by Gasteiger charge is -2.35. The van der Waals surface area contributed by atoms with Crippen LogP contribution in [0.4, 0.5) is 0 Å². The Bertz CT molecular complexity index is 612. The lowest BCUT2D eigenvalue weighted by Crippen LogP contribution is -2.35. The highest BCUT2D eigenvalue weighted by atomic mass is 16.4. The minimum Gasteiger partial charge on any atom is -0.481 e. The average Bonchev–Trinajstić information content (AvgIpc) is 2.55. The molecule has 0 bridgehead atoms. The van der Waals surface area contributed by atoms with Gasteiger partial charge in [-0.1, -0.05) is 60.7 Å². The highest BCUT2D eigenvalue weighted by molar-refractivity contribution is 5.85. The van der Waals surface area contributed by atoms with E-state index in [4.69, 9.17) is 0 Å². The fraction of sp³-hybridized carbons (Fsp3) is 0.263. The van der Waals surface area contributed by atoms with Gasteiger partial charge in [0.25, 0.3) is 0 Å². The van der Waals surface area contributed by atoms with Crippen molar-refractivity contribution in [1.29, 1.82) is 0 Å². The van der Waals surface area contributed by atoms with E-state index in [1.54, 1.807) is 0 Å². The number of benzene rings is 2. The Morgan fingerprint density at radius 1 is 0.818 bits per heavy atom. The molecule has 2 aromatic carbocycles. The van der Waals surface area contributed by atoms with Crippen LogP contribution >= 0.6 is 0 Å². The van der Waals surface area contributed by atoms with Crippen molar-refractivity contribution >= 4 is 11.8 Å². The first-order valence-electron chi connectivity index (χ1n) is 7.51. The molecule has 0 radical (unpaired) electrons. The molecule has 0 aromatic heterocycles. The molecule has 0 spiro atoms. The van der Waals surface area contributed by atoms with Crippen molar-refractivity contribution in [2.24, 2.45) is 5.92 Å². The van der Waals surface area contributed by atoms with Crippen molar-refractivity contribution < 1.29 is 14.7 Å². The molecule has 1 aliphatic rings. The minimum absolute atomic E-state index is 0.139. The standard InChI is InChI=1S/C19H18O3/c20-15-11-16(13-7-3-1-4-8-13)18(19(21)22)17(12-15)14-9-5-2-6-10-14/h1-10,16-18H,11-12H2,(H,21,22)/t16-,17-/m1/s1. The van der Waals surface area contributed by atoms with Crippen LogP contribution in [-0.4, -0.2) is 16.9 Å². The van der Waals surface area contributed by atoms with E-state index in [0.29, 0.717) is 12.8 Å². The van der Waals surface area contributed by atoms with E-state index >= 15 is 0 Å². The van der Waals surface area contributed by atoms with Gasteiger partial charge in [0.15, 0.2) is 0 Å². The molecule has 0 saturated heterocycles. The van der Waals surface area contributed by atoms with Crippen molar-refractivity contribution in [2.75, 3.05) is 0 Å². The molecule has 2 aromatic rings. The Kier molecular flexibility index (Phi) is 4.05. The largest absolute Gasteiger partial charge is 0.481 e. The maximum Gasteiger partial charge on any atom is 0.307 e. The highest BCUT2D eigenvalue weighted by Gasteiger charge is 2.42. The lowest BCUT2D eigenvalue weighted by atomic mass is 9.66. The van der Waals surface area contributed by atoms with Crippen LogP contribution in [0.2, 0.25) is 0 Å². The van der Waals surface area contributed by atoms with Crippen LogP contribution in [0.15, 0.2) is 60.7 Å². The van der Waals surface area contributed by atoms with E-state index in [-0.39, 0.29) is 17.6 Å². The molecule has 3 heteroatoms. The molecular weight excluding hydrogens is 276 g/mol. The van der Waals surface area contributed by atoms with E-state index in [1.807, 2.05) is 60.7 Å². The molecule has 1 aliphatic carbocycles. The molecule has 22 heavy (non-hydrogen) atoms. The average molecular weight is 294 g/mol. The summed E-state index contributed by atoms with van der Waals surface area (Å²) in [5, 5.41) is 9.78. The molecule has 3 nitrogen and oxygen atoms in total. The second-order valence-electron chi connectivity index (χ2n) is 5.85. The number of rotatable bonds is 3. The van der Waals surface area contributed by atoms with E-state index in [9.17, 15) is 14.7 Å². The quantitative estimate of drug-likeness (QED) is 0.940. The van der Waals surface area contributed by atoms with Gasteiger partial charge in [-0.15, -0.1) is 0 Å². The second kappa shape index (κ2) is 6.14. The van der Waals surface area contributed by atoms with E-state index in [1.165, 1.54) is 0 Å². The van der Waals surface area contributed by atoms with E-state index in [0.717, 1.165) is 11.1 Å². The molecule has 1 fully saturated rings. The van der Waals surface area contributed by atoms with E-state index < -0.39 is 11.9 Å². The summed E-state index contributed by atoms with van der Waals surface area (Å²) >= 11 is 0. The van der Waals surface area contributed by atoms with Gasteiger partial charge in [0.2, 0.25) is 0 Å². The summed E-state index contributed by atoms with van der Waals surface area (Å²) in [5.41, 5.74) is 1.87. The van der Waals surface area contributed by atoms with Crippen LogP contribution in [0.25, 0.3) is 0 Å². The first-order valence-corrected chi connectivity index (χ1v) is 7.51. The van der Waals surface area contributed by atoms with Gasteiger partial charge in [-0.3, -0.25) is 9.59 Å². The molecule has 0 unspecified atom stereocenters. The van der Waals surface area contributed by atoms with Crippen LogP contribution in [0, 0.1) is 5.92 Å². The van der Waals surface area contributed by atoms with Gasteiger partial charge in [-0.25, -0.2) is 0 Å². The molecule has 112 valence electrons. The summed E-state index contributed by atoms with van der Waals surface area (Å²) in [6.45, 7) is 0. The zero-order chi connectivity index (χ0) is 15.5. The van der Waals surface area contributed by atoms with Gasteiger partial charge in [-0.2, -0.15) is 0 Å². The summed E-state index contributed by atoms with van der Waals surface area (Å²) in [6, 6.07) is 19.0. The predicted molar refractivity (Wildman–Crippen MR) is 83.7 cm³/mol. The zero-order valence-corrected chi connectivity index (χ0v) is 12.2. The maximum atomic E-state index is 12.2. The Labute approximate surface area is 129 Å². The lowest BCUT2D eigenvalue weighted by molar-refractivity contribution is -0.145. The fourth-order valence-electron chi connectivity index (χ4n) is 3.50. The van der Waals surface area contributed by atoms with Gasteiger partial charge < -0.3 is 5.11 Å². The molecule has 0 heterocycles. The number of hydrogen-bond acceptors (Lipinski definition) is 2. The van der Waals surface area contributed by atoms with Crippen LogP contribution in [-0.2, 0) is 9.59 Å². The number of aliphatic carboxylic acids is 1. The van der Waals surface area contributed by atoms with Gasteiger partial charge in [0.1, 0.15) is 5.78 Å². The first kappa shape index (κ1) is 14.5. The molecule has 0 amide bonds. The van der Waals surface area contributed by atoms with Crippen LogP contribution in [0.5, 0.6) is 0 Å². The third kappa shape index (κ3) is 2.80. The molecule has 2 atom stereocenters. The van der Waals surface area contributed by atoms with Crippen molar-refractivity contribution in [3.05, 3.63) is 71.8 Å². The summed E-state index contributed by atoms with van der Waals surface area (Å²) in [4.78, 5) is 24.1. The molecule has 0 aliphatic heterocycles. The predicted octanol–water partition coefficient (Wildman–Crippen LogP) is 3.62. The Morgan fingerprint density at radius 2 is 1.23 bits per heavy atom. The van der Waals surface area contributed by atoms with Gasteiger partial charge in [0, 0.05) is 24.7 Å². The zero-order valence-electron chi connectivity index (χ0n) is 12.2. The van der Waals surface area contributed by atoms with Crippen molar-refractivity contribution in [3.8, 4) is 0 Å². The smallest absolute Gasteiger partial charge is 0.307 e.